The molecule has 3 aromatic rings. The highest BCUT2D eigenvalue weighted by molar-refractivity contribution is 7.62. The molecule has 2 aromatic carbocycles. The van der Waals surface area contributed by atoms with E-state index in [4.69, 9.17) is 9.05 Å². The zero-order valence-electron chi connectivity index (χ0n) is 17.0. The van der Waals surface area contributed by atoms with Gasteiger partial charge in [0.15, 0.2) is 0 Å². The lowest BCUT2D eigenvalue weighted by atomic mass is 10.1. The van der Waals surface area contributed by atoms with Gasteiger partial charge in [0.2, 0.25) is 0 Å². The average Bonchev–Trinajstić information content (AvgIpc) is 2.67. The van der Waals surface area contributed by atoms with Crippen LogP contribution in [0.2, 0.25) is 0 Å². The molecule has 152 valence electrons. The van der Waals surface area contributed by atoms with Gasteiger partial charge < -0.3 is 14.4 Å². The Morgan fingerprint density at radius 1 is 0.931 bits per heavy atom. The standard InChI is InChI=1S/C22H25N2O4P/c1-15(2)27-29(26,28-16(3)4)20-13-6-5-11-18(20)22(25)24-19-12-7-9-17-10-8-14-23-21(17)19/h5-16H,1-4H3,(H,24,25). The van der Waals surface area contributed by atoms with Gasteiger partial charge in [0, 0.05) is 11.6 Å². The fraction of sp³-hybridized carbons (Fsp3) is 0.273. The third-order valence-electron chi connectivity index (χ3n) is 4.02. The second kappa shape index (κ2) is 8.87. The van der Waals surface area contributed by atoms with E-state index < -0.39 is 13.5 Å². The zero-order chi connectivity index (χ0) is 21.0. The van der Waals surface area contributed by atoms with Gasteiger partial charge in [-0.15, -0.1) is 0 Å². The Balaban J connectivity index is 2.01. The third kappa shape index (κ3) is 4.91. The van der Waals surface area contributed by atoms with E-state index in [0.717, 1.165) is 5.39 Å². The molecule has 0 aliphatic heterocycles. The van der Waals surface area contributed by atoms with E-state index >= 15 is 0 Å². The summed E-state index contributed by atoms with van der Waals surface area (Å²) >= 11 is 0. The molecule has 0 saturated carbocycles. The first-order valence-electron chi connectivity index (χ1n) is 9.51. The number of rotatable bonds is 7. The molecule has 6 nitrogen and oxygen atoms in total. The van der Waals surface area contributed by atoms with Crippen molar-refractivity contribution < 1.29 is 18.4 Å². The summed E-state index contributed by atoms with van der Waals surface area (Å²) < 4.78 is 25.0. The zero-order valence-corrected chi connectivity index (χ0v) is 17.9. The van der Waals surface area contributed by atoms with Gasteiger partial charge in [0.1, 0.15) is 0 Å². The van der Waals surface area contributed by atoms with Crippen LogP contribution in [0.1, 0.15) is 38.1 Å². The van der Waals surface area contributed by atoms with Gasteiger partial charge in [0.05, 0.1) is 34.3 Å². The highest BCUT2D eigenvalue weighted by Crippen LogP contribution is 2.50. The Hall–Kier alpha value is -2.53. The molecule has 0 spiro atoms. The number of benzene rings is 2. The Labute approximate surface area is 170 Å². The molecule has 0 unspecified atom stereocenters. The number of anilines is 1. The van der Waals surface area contributed by atoms with Crippen LogP contribution >= 0.6 is 7.60 Å². The minimum Gasteiger partial charge on any atom is -0.320 e. The molecule has 0 aliphatic rings. The maximum absolute atomic E-state index is 13.6. The van der Waals surface area contributed by atoms with E-state index in [-0.39, 0.29) is 23.1 Å². The summed E-state index contributed by atoms with van der Waals surface area (Å²) in [4.78, 5) is 17.5. The van der Waals surface area contributed by atoms with Crippen molar-refractivity contribution in [1.29, 1.82) is 0 Å². The molecule has 0 saturated heterocycles. The molecule has 1 N–H and O–H groups in total. The smallest absolute Gasteiger partial charge is 0.320 e. The predicted molar refractivity (Wildman–Crippen MR) is 116 cm³/mol. The molecule has 7 heteroatoms. The normalized spacial score (nSPS) is 11.9. The number of aromatic nitrogens is 1. The van der Waals surface area contributed by atoms with E-state index in [1.807, 2.05) is 24.3 Å². The van der Waals surface area contributed by atoms with Gasteiger partial charge in [-0.25, -0.2) is 0 Å². The Bertz CT molecular complexity index is 1050. The minimum atomic E-state index is -3.70. The lowest BCUT2D eigenvalue weighted by Gasteiger charge is -2.24. The van der Waals surface area contributed by atoms with Gasteiger partial charge in [0.25, 0.3) is 5.91 Å². The Morgan fingerprint density at radius 2 is 1.59 bits per heavy atom. The molecule has 0 fully saturated rings. The van der Waals surface area contributed by atoms with E-state index in [9.17, 15) is 9.36 Å². The number of hydrogen-bond acceptors (Lipinski definition) is 5. The molecular weight excluding hydrogens is 387 g/mol. The van der Waals surface area contributed by atoms with Crippen LogP contribution in [0.4, 0.5) is 5.69 Å². The number of pyridine rings is 1. The summed E-state index contributed by atoms with van der Waals surface area (Å²) in [6, 6.07) is 16.0. The van der Waals surface area contributed by atoms with E-state index in [1.54, 1.807) is 64.2 Å². The first kappa shape index (κ1) is 21.2. The number of nitrogens with zero attached hydrogens (tertiary/aromatic N) is 1. The van der Waals surface area contributed by atoms with Crippen molar-refractivity contribution in [3.63, 3.8) is 0 Å². The van der Waals surface area contributed by atoms with E-state index in [1.165, 1.54) is 0 Å². The van der Waals surface area contributed by atoms with Crippen LogP contribution in [0.15, 0.2) is 60.8 Å². The van der Waals surface area contributed by atoms with Gasteiger partial charge in [-0.2, -0.15) is 0 Å². The average molecular weight is 412 g/mol. The highest BCUT2D eigenvalue weighted by Gasteiger charge is 2.34. The molecule has 3 rings (SSSR count). The molecule has 29 heavy (non-hydrogen) atoms. The molecular formula is C22H25N2O4P. The fourth-order valence-corrected chi connectivity index (χ4v) is 5.12. The number of carbonyl (C=O) groups excluding carboxylic acids is 1. The van der Waals surface area contributed by atoms with Crippen LogP contribution in [0.5, 0.6) is 0 Å². The summed E-state index contributed by atoms with van der Waals surface area (Å²) in [6.45, 7) is 7.11. The van der Waals surface area contributed by atoms with E-state index in [0.29, 0.717) is 11.2 Å². The molecule has 0 atom stereocenters. The predicted octanol–water partition coefficient (Wildman–Crippen LogP) is 5.16. The summed E-state index contributed by atoms with van der Waals surface area (Å²) in [7, 11) is -3.70. The van der Waals surface area contributed by atoms with Crippen LogP contribution in [-0.2, 0) is 13.6 Å². The van der Waals surface area contributed by atoms with Gasteiger partial charge in [-0.05, 0) is 52.0 Å². The minimum absolute atomic E-state index is 0.241. The SMILES string of the molecule is CC(C)OP(=O)(OC(C)C)c1ccccc1C(=O)Nc1cccc2cccnc12. The summed E-state index contributed by atoms with van der Waals surface area (Å²) in [5.41, 5.74) is 1.50. The van der Waals surface area contributed by atoms with E-state index in [2.05, 4.69) is 10.3 Å². The topological polar surface area (TPSA) is 77.5 Å². The highest BCUT2D eigenvalue weighted by atomic mass is 31.2. The molecule has 1 heterocycles. The van der Waals surface area contributed by atoms with Crippen LogP contribution in [0.3, 0.4) is 0 Å². The van der Waals surface area contributed by atoms with Crippen molar-refractivity contribution >= 4 is 35.4 Å². The quantitative estimate of drug-likeness (QED) is 0.543. The Morgan fingerprint density at radius 3 is 2.28 bits per heavy atom. The second-order valence-electron chi connectivity index (χ2n) is 7.16. The Kier molecular flexibility index (Phi) is 6.48. The number of fused-ring (bicyclic) bond motifs is 1. The fourth-order valence-electron chi connectivity index (χ4n) is 2.99. The van der Waals surface area contributed by atoms with Crippen molar-refractivity contribution in [3.8, 4) is 0 Å². The maximum Gasteiger partial charge on any atom is 0.362 e. The number of hydrogen-bond donors (Lipinski definition) is 1. The summed E-state index contributed by atoms with van der Waals surface area (Å²) in [5.74, 6) is -0.404. The first-order chi connectivity index (χ1) is 13.8. The van der Waals surface area contributed by atoms with Crippen molar-refractivity contribution in [2.24, 2.45) is 0 Å². The molecule has 0 aliphatic carbocycles. The van der Waals surface area contributed by atoms with Crippen LogP contribution < -0.4 is 10.6 Å². The summed E-state index contributed by atoms with van der Waals surface area (Å²) in [6.07, 6.45) is 1.00. The van der Waals surface area contributed by atoms with Crippen LogP contribution in [0.25, 0.3) is 10.9 Å². The van der Waals surface area contributed by atoms with Crippen molar-refractivity contribution in [2.45, 2.75) is 39.9 Å². The van der Waals surface area contributed by atoms with Gasteiger partial charge in [-0.1, -0.05) is 30.3 Å². The number of para-hydroxylation sites is 1. The lowest BCUT2D eigenvalue weighted by Crippen LogP contribution is -2.25. The number of amides is 1. The molecule has 1 amide bonds. The maximum atomic E-state index is 13.6. The molecule has 1 aromatic heterocycles. The van der Waals surface area contributed by atoms with Crippen LogP contribution in [-0.4, -0.2) is 23.1 Å². The number of nitrogens with one attached hydrogen (secondary N) is 1. The monoisotopic (exact) mass is 412 g/mol. The van der Waals surface area contributed by atoms with Crippen LogP contribution in [0, 0.1) is 0 Å². The third-order valence-corrected chi connectivity index (χ3v) is 6.40. The first-order valence-corrected chi connectivity index (χ1v) is 11.1. The van der Waals surface area contributed by atoms with Crippen molar-refractivity contribution in [1.82, 2.24) is 4.98 Å². The van der Waals surface area contributed by atoms with Crippen molar-refractivity contribution in [2.75, 3.05) is 5.32 Å². The number of carbonyl (C=O) groups is 1. The second-order valence-corrected chi connectivity index (χ2v) is 9.06. The van der Waals surface area contributed by atoms with Gasteiger partial charge >= 0.3 is 7.60 Å². The molecule has 0 radical (unpaired) electrons. The summed E-state index contributed by atoms with van der Waals surface area (Å²) in [5, 5.41) is 4.04. The van der Waals surface area contributed by atoms with Crippen molar-refractivity contribution in [3.05, 3.63) is 66.4 Å². The largest absolute Gasteiger partial charge is 0.362 e. The van der Waals surface area contributed by atoms with Gasteiger partial charge in [-0.3, -0.25) is 14.3 Å². The lowest BCUT2D eigenvalue weighted by molar-refractivity contribution is 0.102. The molecule has 0 bridgehead atoms.